The van der Waals surface area contributed by atoms with E-state index >= 15 is 8.78 Å². The SMILES string of the molecule is C=C(COCC(F)(F)S(=O)(=O)OI(c1ccc(C(C)(C)C)cc1)c1ccc(C(C)(C)C)cc1)C(=O)OC1CC(C(F)(F)C(O)(F)C(F)(F)F)CC(C(F)(F)C(O)(F)C(F)(F)F)C1. The Morgan fingerprint density at radius 1 is 0.661 bits per heavy atom. The van der Waals surface area contributed by atoms with Crippen LogP contribution in [0.4, 0.5) is 61.5 Å². The van der Waals surface area contributed by atoms with Gasteiger partial charge in [0, 0.05) is 0 Å². The van der Waals surface area contributed by atoms with Gasteiger partial charge in [0.25, 0.3) is 0 Å². The Morgan fingerprint density at radius 2 is 1.02 bits per heavy atom. The van der Waals surface area contributed by atoms with Crippen molar-refractivity contribution >= 4 is 36.3 Å². The summed E-state index contributed by atoms with van der Waals surface area (Å²) in [7, 11) is -5.90. The van der Waals surface area contributed by atoms with Crippen molar-refractivity contribution < 1.29 is 96.9 Å². The molecule has 0 amide bonds. The predicted molar refractivity (Wildman–Crippen MR) is 201 cm³/mol. The topological polar surface area (TPSA) is 119 Å². The van der Waals surface area contributed by atoms with Crippen molar-refractivity contribution in [3.05, 3.63) is 79.0 Å². The first-order valence-corrected chi connectivity index (χ1v) is 22.5. The van der Waals surface area contributed by atoms with Crippen LogP contribution in [-0.4, -0.2) is 85.1 Å². The zero-order valence-corrected chi connectivity index (χ0v) is 36.5. The van der Waals surface area contributed by atoms with Gasteiger partial charge in [0.15, 0.2) is 0 Å². The van der Waals surface area contributed by atoms with Crippen molar-refractivity contribution in [2.24, 2.45) is 11.8 Å². The summed E-state index contributed by atoms with van der Waals surface area (Å²) in [6.45, 7) is 10.9. The first-order chi connectivity index (χ1) is 27.6. The minimum atomic E-state index is -6.85. The number of benzene rings is 2. The third kappa shape index (κ3) is 11.3. The first kappa shape index (κ1) is 53.5. The quantitative estimate of drug-likeness (QED) is 0.0784. The van der Waals surface area contributed by atoms with Crippen LogP contribution in [0.25, 0.3) is 0 Å². The van der Waals surface area contributed by atoms with Crippen LogP contribution < -0.4 is 0 Å². The molecule has 4 unspecified atom stereocenters. The van der Waals surface area contributed by atoms with Gasteiger partial charge in [0.05, 0.1) is 0 Å². The molecule has 0 radical (unpaired) electrons. The van der Waals surface area contributed by atoms with Gasteiger partial charge >= 0.3 is 287 Å². The molecule has 0 bridgehead atoms. The second-order valence-corrected chi connectivity index (χ2v) is 23.2. The number of hydrogen-bond donors (Lipinski definition) is 2. The van der Waals surface area contributed by atoms with Crippen LogP contribution in [0.15, 0.2) is 60.7 Å². The predicted octanol–water partition coefficient (Wildman–Crippen LogP) is 10.3. The van der Waals surface area contributed by atoms with E-state index in [9.17, 15) is 65.9 Å². The average molecular weight is 1050 g/mol. The Balaban J connectivity index is 1.83. The van der Waals surface area contributed by atoms with E-state index in [-0.39, 0.29) is 18.0 Å². The molecule has 0 heterocycles. The molecule has 1 aliphatic rings. The summed E-state index contributed by atoms with van der Waals surface area (Å²) < 4.78 is 238. The summed E-state index contributed by atoms with van der Waals surface area (Å²) in [4.78, 5) is 12.7. The van der Waals surface area contributed by atoms with Crippen LogP contribution in [0.3, 0.4) is 0 Å². The molecule has 0 saturated heterocycles. The first-order valence-electron chi connectivity index (χ1n) is 18.0. The Bertz CT molecular complexity index is 1900. The number of alkyl halides is 14. The zero-order chi connectivity index (χ0) is 48.1. The number of halogens is 15. The van der Waals surface area contributed by atoms with Crippen molar-refractivity contribution in [3.8, 4) is 0 Å². The fraction of sp³-hybridized carbons (Fsp3) is 0.605. The Hall–Kier alpha value is -2.81. The van der Waals surface area contributed by atoms with Gasteiger partial charge in [-0.05, 0) is 6.42 Å². The van der Waals surface area contributed by atoms with E-state index in [4.69, 9.17) is 12.7 Å². The Labute approximate surface area is 355 Å². The maximum absolute atomic E-state index is 15.4. The van der Waals surface area contributed by atoms with Gasteiger partial charge in [0.1, 0.15) is 0 Å². The molecule has 1 saturated carbocycles. The van der Waals surface area contributed by atoms with Crippen LogP contribution >= 0.6 is 20.2 Å². The second-order valence-electron chi connectivity index (χ2n) is 16.6. The van der Waals surface area contributed by atoms with Gasteiger partial charge in [0.2, 0.25) is 0 Å². The molecule has 8 nitrogen and oxygen atoms in total. The molecule has 0 aliphatic heterocycles. The van der Waals surface area contributed by atoms with Crippen LogP contribution in [0.2, 0.25) is 0 Å². The van der Waals surface area contributed by atoms with E-state index in [2.05, 4.69) is 16.1 Å². The number of esters is 1. The van der Waals surface area contributed by atoms with Crippen molar-refractivity contribution in [2.75, 3.05) is 13.2 Å². The third-order valence-electron chi connectivity index (χ3n) is 9.76. The van der Waals surface area contributed by atoms with E-state index < -0.39 is 133 Å². The number of carbonyl (C=O) groups excluding carboxylic acids is 1. The van der Waals surface area contributed by atoms with Gasteiger partial charge in [-0.15, -0.1) is 0 Å². The van der Waals surface area contributed by atoms with Crippen LogP contribution in [-0.2, 0) is 37.7 Å². The molecule has 62 heavy (non-hydrogen) atoms. The molecule has 2 aromatic rings. The molecule has 1 aliphatic carbocycles. The number of ether oxygens (including phenoxy) is 2. The normalized spacial score (nSPS) is 21.1. The number of aliphatic hydroxyl groups is 2. The van der Waals surface area contributed by atoms with E-state index in [1.165, 1.54) is 24.3 Å². The fourth-order valence-electron chi connectivity index (χ4n) is 5.99. The molecule has 0 aromatic heterocycles. The number of rotatable bonds is 15. The van der Waals surface area contributed by atoms with Crippen LogP contribution in [0.1, 0.15) is 71.9 Å². The van der Waals surface area contributed by atoms with Gasteiger partial charge in [-0.1, -0.05) is 0 Å². The Morgan fingerprint density at radius 3 is 1.34 bits per heavy atom. The number of carbonyl (C=O) groups is 1. The van der Waals surface area contributed by atoms with E-state index in [1.54, 1.807) is 24.3 Å². The van der Waals surface area contributed by atoms with Crippen LogP contribution in [0, 0.1) is 19.0 Å². The van der Waals surface area contributed by atoms with Gasteiger partial charge < -0.3 is 10.2 Å². The van der Waals surface area contributed by atoms with Gasteiger partial charge in [-0.25, -0.2) is 0 Å². The van der Waals surface area contributed by atoms with Crippen LogP contribution in [0.5, 0.6) is 0 Å². The summed E-state index contributed by atoms with van der Waals surface area (Å²) >= 11 is -3.76. The average Bonchev–Trinajstić information content (AvgIpc) is 3.11. The molecule has 2 N–H and O–H groups in total. The van der Waals surface area contributed by atoms with Gasteiger partial charge in [-0.2, -0.15) is 52.7 Å². The summed E-state index contributed by atoms with van der Waals surface area (Å²) in [6.07, 6.45) is -22.3. The number of hydrogen-bond acceptors (Lipinski definition) is 8. The standard InChI is InChI=1S/C38H43F14IO8S/c1-21(29(54)60-28-17-24(33(41,42)35(45,55)37(47,48)49)16-25(18-28)34(43,44)36(46,56)38(50,51)52)19-59-20-32(39,40)62(57,58)61-53(26-12-8-22(9-13-26)30(2,3)4)27-14-10-23(11-15-27)31(5,6)7/h8-15,24-25,28,55-56H,1,16-20H2,2-7H3. The van der Waals surface area contributed by atoms with E-state index in [1.807, 2.05) is 41.5 Å². The molecule has 2 aromatic carbocycles. The summed E-state index contributed by atoms with van der Waals surface area (Å²) in [5.74, 6) is -34.6. The maximum atomic E-state index is 15.4. The van der Waals surface area contributed by atoms with E-state index in [0.717, 1.165) is 11.1 Å². The zero-order valence-electron chi connectivity index (χ0n) is 33.5. The van der Waals surface area contributed by atoms with Crippen molar-refractivity contribution in [1.29, 1.82) is 0 Å². The molecular weight excluding hydrogens is 1010 g/mol. The molecule has 354 valence electrons. The van der Waals surface area contributed by atoms with E-state index in [0.29, 0.717) is 0 Å². The molecule has 4 atom stereocenters. The molecular formula is C38H43F14IO8S. The summed E-state index contributed by atoms with van der Waals surface area (Å²) in [6, 6.07) is 12.8. The summed E-state index contributed by atoms with van der Waals surface area (Å²) in [5.41, 5.74) is -0.190. The summed E-state index contributed by atoms with van der Waals surface area (Å²) in [5, 5.41) is 13.2. The molecule has 1 fully saturated rings. The molecule has 3 rings (SSSR count). The fourth-order valence-corrected chi connectivity index (χ4v) is 12.8. The molecule has 0 spiro atoms. The third-order valence-corrected chi connectivity index (χ3v) is 17.1. The second kappa shape index (κ2) is 17.9. The minimum absolute atomic E-state index is 0.286. The Kier molecular flexibility index (Phi) is 15.4. The van der Waals surface area contributed by atoms with Crippen molar-refractivity contribution in [2.45, 2.75) is 119 Å². The monoisotopic (exact) mass is 1050 g/mol. The van der Waals surface area contributed by atoms with Crippen molar-refractivity contribution in [1.82, 2.24) is 0 Å². The van der Waals surface area contributed by atoms with Crippen molar-refractivity contribution in [3.63, 3.8) is 0 Å². The molecule has 24 heteroatoms. The van der Waals surface area contributed by atoms with Gasteiger partial charge in [-0.3, -0.25) is 0 Å².